The topological polar surface area (TPSA) is 55.8 Å². The van der Waals surface area contributed by atoms with Gasteiger partial charge in [0.25, 0.3) is 0 Å². The van der Waals surface area contributed by atoms with E-state index in [1.165, 1.54) is 13.2 Å². The molecule has 1 aromatic carbocycles. The summed E-state index contributed by atoms with van der Waals surface area (Å²) in [4.78, 5) is 24.6. The lowest BCUT2D eigenvalue weighted by Crippen LogP contribution is -2.26. The van der Waals surface area contributed by atoms with Gasteiger partial charge in [-0.1, -0.05) is 11.6 Å². The van der Waals surface area contributed by atoms with Crippen molar-refractivity contribution in [3.63, 3.8) is 0 Å². The maximum Gasteiger partial charge on any atom is 0.305 e. The van der Waals surface area contributed by atoms with Gasteiger partial charge in [0.1, 0.15) is 5.75 Å². The number of methoxy groups -OCH3 is 2. The molecule has 0 fully saturated rings. The van der Waals surface area contributed by atoms with Crippen molar-refractivity contribution in [3.05, 3.63) is 35.4 Å². The molecule has 120 valence electrons. The minimum atomic E-state index is -0.263. The predicted molar refractivity (Wildman–Crippen MR) is 85.7 cm³/mol. The van der Waals surface area contributed by atoms with Gasteiger partial charge < -0.3 is 14.4 Å². The molecule has 1 aromatic rings. The van der Waals surface area contributed by atoms with Crippen molar-refractivity contribution >= 4 is 18.0 Å². The molecule has 0 spiro atoms. The van der Waals surface area contributed by atoms with Crippen molar-refractivity contribution in [1.29, 1.82) is 0 Å². The summed E-state index contributed by atoms with van der Waals surface area (Å²) >= 11 is 0. The Morgan fingerprint density at radius 1 is 1.27 bits per heavy atom. The largest absolute Gasteiger partial charge is 0.496 e. The molecule has 0 aromatic heterocycles. The van der Waals surface area contributed by atoms with Crippen LogP contribution in [0, 0.1) is 6.92 Å². The molecule has 0 unspecified atom stereocenters. The number of benzene rings is 1. The molecule has 5 nitrogen and oxygen atoms in total. The minimum Gasteiger partial charge on any atom is -0.496 e. The van der Waals surface area contributed by atoms with E-state index >= 15 is 0 Å². The number of hydrogen-bond donors (Lipinski definition) is 0. The molecule has 0 N–H and O–H groups in total. The number of nitrogens with zero attached hydrogens (tertiary/aromatic N) is 1. The Morgan fingerprint density at radius 3 is 2.64 bits per heavy atom. The van der Waals surface area contributed by atoms with Crippen LogP contribution in [0.4, 0.5) is 0 Å². The first-order valence-corrected chi connectivity index (χ1v) is 7.12. The SMILES string of the molecule is COC(=O)CCCN(C)C(=O)C=Cc1cc(C)ccc1OC. The van der Waals surface area contributed by atoms with Gasteiger partial charge in [-0.05, 0) is 31.6 Å². The number of amides is 1. The zero-order valence-corrected chi connectivity index (χ0v) is 13.6. The van der Waals surface area contributed by atoms with Crippen LogP contribution >= 0.6 is 0 Å². The second kappa shape index (κ2) is 8.87. The van der Waals surface area contributed by atoms with Gasteiger partial charge in [0.15, 0.2) is 0 Å². The van der Waals surface area contributed by atoms with Crippen LogP contribution < -0.4 is 4.74 Å². The number of rotatable bonds is 7. The normalized spacial score (nSPS) is 10.5. The fraction of sp³-hybridized carbons (Fsp3) is 0.412. The Morgan fingerprint density at radius 2 is 2.00 bits per heavy atom. The number of ether oxygens (including phenoxy) is 2. The smallest absolute Gasteiger partial charge is 0.305 e. The molecule has 0 aliphatic heterocycles. The summed E-state index contributed by atoms with van der Waals surface area (Å²) < 4.78 is 9.83. The summed E-state index contributed by atoms with van der Waals surface area (Å²) in [6, 6.07) is 5.79. The number of hydrogen-bond acceptors (Lipinski definition) is 4. The highest BCUT2D eigenvalue weighted by Crippen LogP contribution is 2.21. The summed E-state index contributed by atoms with van der Waals surface area (Å²) in [5.41, 5.74) is 1.96. The fourth-order valence-electron chi connectivity index (χ4n) is 1.95. The Balaban J connectivity index is 2.60. The van der Waals surface area contributed by atoms with Crippen molar-refractivity contribution in [2.75, 3.05) is 27.8 Å². The number of aryl methyl sites for hydroxylation is 1. The zero-order valence-electron chi connectivity index (χ0n) is 13.6. The molecule has 0 saturated carbocycles. The highest BCUT2D eigenvalue weighted by Gasteiger charge is 2.07. The predicted octanol–water partition coefficient (Wildman–Crippen LogP) is 2.43. The van der Waals surface area contributed by atoms with Gasteiger partial charge in [-0.15, -0.1) is 0 Å². The summed E-state index contributed by atoms with van der Waals surface area (Å²) in [6.07, 6.45) is 4.14. The molecular weight excluding hydrogens is 282 g/mol. The molecule has 1 amide bonds. The third-order valence-corrected chi connectivity index (χ3v) is 3.27. The van der Waals surface area contributed by atoms with Crippen LogP contribution in [0.2, 0.25) is 0 Å². The molecule has 0 saturated heterocycles. The van der Waals surface area contributed by atoms with Crippen molar-refractivity contribution < 1.29 is 19.1 Å². The molecule has 0 aliphatic rings. The first-order valence-electron chi connectivity index (χ1n) is 7.12. The summed E-state index contributed by atoms with van der Waals surface area (Å²) in [7, 11) is 4.66. The second-order valence-corrected chi connectivity index (χ2v) is 5.02. The van der Waals surface area contributed by atoms with Gasteiger partial charge in [-0.25, -0.2) is 0 Å². The zero-order chi connectivity index (χ0) is 16.5. The molecule has 0 bridgehead atoms. The maximum absolute atomic E-state index is 12.0. The lowest BCUT2D eigenvalue weighted by molar-refractivity contribution is -0.141. The lowest BCUT2D eigenvalue weighted by atomic mass is 10.1. The van der Waals surface area contributed by atoms with Crippen LogP contribution in [0.1, 0.15) is 24.0 Å². The average Bonchev–Trinajstić information content (AvgIpc) is 2.52. The van der Waals surface area contributed by atoms with Crippen LogP contribution in [0.3, 0.4) is 0 Å². The summed E-state index contributed by atoms with van der Waals surface area (Å²) in [5, 5.41) is 0. The molecule has 0 heterocycles. The van der Waals surface area contributed by atoms with Crippen molar-refractivity contribution in [3.8, 4) is 5.75 Å². The third kappa shape index (κ3) is 5.60. The maximum atomic E-state index is 12.0. The molecule has 0 radical (unpaired) electrons. The molecular formula is C17H23NO4. The second-order valence-electron chi connectivity index (χ2n) is 5.02. The summed E-state index contributed by atoms with van der Waals surface area (Å²) in [6.45, 7) is 2.49. The van der Waals surface area contributed by atoms with E-state index in [1.807, 2.05) is 25.1 Å². The quantitative estimate of drug-likeness (QED) is 0.573. The van der Waals surface area contributed by atoms with Crippen molar-refractivity contribution in [1.82, 2.24) is 4.90 Å². The van der Waals surface area contributed by atoms with Crippen LogP contribution in [0.15, 0.2) is 24.3 Å². The van der Waals surface area contributed by atoms with Gasteiger partial charge in [0.05, 0.1) is 14.2 Å². The first-order chi connectivity index (χ1) is 10.5. The van der Waals surface area contributed by atoms with Crippen LogP contribution in [0.5, 0.6) is 5.75 Å². The number of likely N-dealkylation sites (N-methyl/N-ethyl adjacent to an activating group) is 1. The molecule has 5 heteroatoms. The van der Waals surface area contributed by atoms with E-state index in [1.54, 1.807) is 25.1 Å². The Hall–Kier alpha value is -2.30. The van der Waals surface area contributed by atoms with E-state index in [9.17, 15) is 9.59 Å². The molecule has 1 rings (SSSR count). The van der Waals surface area contributed by atoms with E-state index in [0.717, 1.165) is 16.9 Å². The van der Waals surface area contributed by atoms with Crippen molar-refractivity contribution in [2.24, 2.45) is 0 Å². The fourth-order valence-corrected chi connectivity index (χ4v) is 1.95. The van der Waals surface area contributed by atoms with Crippen molar-refractivity contribution in [2.45, 2.75) is 19.8 Å². The summed E-state index contributed by atoms with van der Waals surface area (Å²) in [5.74, 6) is 0.345. The number of esters is 1. The number of carbonyl (C=O) groups is 2. The van der Waals surface area contributed by atoms with E-state index in [-0.39, 0.29) is 11.9 Å². The Labute approximate surface area is 131 Å². The average molecular weight is 305 g/mol. The van der Waals surface area contributed by atoms with Gasteiger partial charge >= 0.3 is 5.97 Å². The number of carbonyl (C=O) groups excluding carboxylic acids is 2. The molecule has 0 aliphatic carbocycles. The van der Waals surface area contributed by atoms with Gasteiger partial charge in [0, 0.05) is 31.7 Å². The monoisotopic (exact) mass is 305 g/mol. The van der Waals surface area contributed by atoms with E-state index in [4.69, 9.17) is 4.74 Å². The minimum absolute atomic E-state index is 0.117. The van der Waals surface area contributed by atoms with Crippen LogP contribution in [0.25, 0.3) is 6.08 Å². The van der Waals surface area contributed by atoms with E-state index in [2.05, 4.69) is 4.74 Å². The Kier molecular flexibility index (Phi) is 7.16. The van der Waals surface area contributed by atoms with Crippen LogP contribution in [-0.4, -0.2) is 44.6 Å². The first kappa shape index (κ1) is 17.8. The van der Waals surface area contributed by atoms with Gasteiger partial charge in [-0.2, -0.15) is 0 Å². The standard InChI is InChI=1S/C17H23NO4/c1-13-7-9-15(21-3)14(12-13)8-10-16(19)18(2)11-5-6-17(20)22-4/h7-10,12H,5-6,11H2,1-4H3. The van der Waals surface area contributed by atoms with E-state index in [0.29, 0.717) is 19.4 Å². The van der Waals surface area contributed by atoms with E-state index < -0.39 is 0 Å². The third-order valence-electron chi connectivity index (χ3n) is 3.27. The molecule has 0 atom stereocenters. The Bertz CT molecular complexity index is 552. The highest BCUT2D eigenvalue weighted by molar-refractivity contribution is 5.92. The lowest BCUT2D eigenvalue weighted by Gasteiger charge is -2.14. The highest BCUT2D eigenvalue weighted by atomic mass is 16.5. The molecule has 22 heavy (non-hydrogen) atoms. The van der Waals surface area contributed by atoms with Gasteiger partial charge in [0.2, 0.25) is 5.91 Å². The van der Waals surface area contributed by atoms with Gasteiger partial charge in [-0.3, -0.25) is 9.59 Å². The van der Waals surface area contributed by atoms with Crippen LogP contribution in [-0.2, 0) is 14.3 Å².